The number of hydrogen-bond acceptors (Lipinski definition) is 2. The fourth-order valence-electron chi connectivity index (χ4n) is 5.96. The van der Waals surface area contributed by atoms with E-state index in [0.29, 0.717) is 10.8 Å². The molecule has 0 bridgehead atoms. The lowest BCUT2D eigenvalue weighted by molar-refractivity contribution is 1.67. The number of rotatable bonds is 0. The van der Waals surface area contributed by atoms with Crippen LogP contribution in [0.5, 0.6) is 0 Å². The molecule has 6 aromatic rings. The number of benzene rings is 8. The van der Waals surface area contributed by atoms with Crippen LogP contribution in [0.2, 0.25) is 0 Å². The lowest BCUT2D eigenvalue weighted by atomic mass is 9.79. The Morgan fingerprint density at radius 3 is 1.28 bits per heavy atom. The van der Waals surface area contributed by atoms with Crippen LogP contribution in [-0.2, 0) is 0 Å². The van der Waals surface area contributed by atoms with Crippen molar-refractivity contribution in [2.45, 2.75) is 0 Å². The zero-order chi connectivity index (χ0) is 21.1. The molecule has 0 fully saturated rings. The van der Waals surface area contributed by atoms with Gasteiger partial charge in [0, 0.05) is 43.4 Å². The molecule has 0 saturated carbocycles. The smallest absolute Gasteiger partial charge is 0.194 e. The van der Waals surface area contributed by atoms with Gasteiger partial charge in [0.05, 0.1) is 0 Å². The van der Waals surface area contributed by atoms with Crippen molar-refractivity contribution in [3.05, 3.63) is 105 Å². The predicted molar refractivity (Wildman–Crippen MR) is 134 cm³/mol. The second-order valence-electron chi connectivity index (χ2n) is 8.78. The summed E-state index contributed by atoms with van der Waals surface area (Å²) in [6.07, 6.45) is 0. The van der Waals surface area contributed by atoms with E-state index in [2.05, 4.69) is 12.1 Å². The molecule has 2 aliphatic rings. The van der Waals surface area contributed by atoms with Crippen LogP contribution in [0.15, 0.2) is 94.5 Å². The zero-order valence-electron chi connectivity index (χ0n) is 16.9. The number of hydrogen-bond donors (Lipinski definition) is 0. The summed E-state index contributed by atoms with van der Waals surface area (Å²) in [5, 5.41) is 10.6. The van der Waals surface area contributed by atoms with Crippen LogP contribution < -0.4 is 10.9 Å². The topological polar surface area (TPSA) is 34.1 Å². The Kier molecular flexibility index (Phi) is 2.71. The van der Waals surface area contributed by atoms with E-state index in [9.17, 15) is 9.59 Å². The largest absolute Gasteiger partial charge is 0.289 e. The van der Waals surface area contributed by atoms with E-state index in [1.807, 2.05) is 72.8 Å². The molecule has 146 valence electrons. The molecule has 8 rings (SSSR count). The maximum absolute atomic E-state index is 13.9. The van der Waals surface area contributed by atoms with Crippen LogP contribution >= 0.6 is 0 Å². The van der Waals surface area contributed by atoms with Gasteiger partial charge in [0.2, 0.25) is 0 Å². The van der Waals surface area contributed by atoms with Gasteiger partial charge in [-0.05, 0) is 56.6 Å². The van der Waals surface area contributed by atoms with E-state index in [0.717, 1.165) is 65.0 Å². The summed E-state index contributed by atoms with van der Waals surface area (Å²) in [7, 11) is 0. The summed E-state index contributed by atoms with van der Waals surface area (Å²) in [5.41, 5.74) is 1.94. The highest BCUT2D eigenvalue weighted by molar-refractivity contribution is 6.34. The SMILES string of the molecule is O=c1c2ccc3cc4ccccc4c4c(=O)c5ccc6cc7ccccc7c1c6c5-c2c34. The van der Waals surface area contributed by atoms with Gasteiger partial charge in [0.25, 0.3) is 0 Å². The predicted octanol–water partition coefficient (Wildman–Crippen LogP) is 6.74. The highest BCUT2D eigenvalue weighted by Gasteiger charge is 2.27. The summed E-state index contributed by atoms with van der Waals surface area (Å²) >= 11 is 0. The maximum Gasteiger partial charge on any atom is 0.194 e. The minimum Gasteiger partial charge on any atom is -0.289 e. The highest BCUT2D eigenvalue weighted by Crippen LogP contribution is 2.47. The Morgan fingerprint density at radius 1 is 0.375 bits per heavy atom. The standard InChI is InChI=1S/C30H14O2/c31-29-21-12-10-18-14-16-6-2-4-8-20(16)28-24(18)26(21)25-22(30(28)32)11-9-17-13-15-5-1-3-7-19(15)27(29)23(17)25/h1-14H. The Morgan fingerprint density at radius 2 is 0.812 bits per heavy atom. The van der Waals surface area contributed by atoms with Gasteiger partial charge in [0.15, 0.2) is 10.9 Å². The molecule has 0 radical (unpaired) electrons. The molecule has 0 saturated heterocycles. The van der Waals surface area contributed by atoms with Crippen LogP contribution in [-0.4, -0.2) is 0 Å². The molecule has 2 aliphatic carbocycles. The molecule has 0 atom stereocenters. The summed E-state index contributed by atoms with van der Waals surface area (Å²) in [6, 6.07) is 28.2. The average Bonchev–Trinajstić information content (AvgIpc) is 2.83. The lowest BCUT2D eigenvalue weighted by Crippen LogP contribution is -2.13. The second-order valence-corrected chi connectivity index (χ2v) is 8.78. The van der Waals surface area contributed by atoms with Crippen LogP contribution in [0.25, 0.3) is 75.8 Å². The molecule has 0 aromatic heterocycles. The molecular formula is C30H14O2. The van der Waals surface area contributed by atoms with Crippen LogP contribution in [0, 0.1) is 0 Å². The van der Waals surface area contributed by atoms with Gasteiger partial charge in [-0.2, -0.15) is 0 Å². The van der Waals surface area contributed by atoms with Crippen molar-refractivity contribution in [2.75, 3.05) is 0 Å². The van der Waals surface area contributed by atoms with Gasteiger partial charge in [-0.25, -0.2) is 0 Å². The van der Waals surface area contributed by atoms with Crippen LogP contribution in [0.4, 0.5) is 0 Å². The summed E-state index contributed by atoms with van der Waals surface area (Å²) in [6.45, 7) is 0. The van der Waals surface area contributed by atoms with Gasteiger partial charge in [0.1, 0.15) is 0 Å². The quantitative estimate of drug-likeness (QED) is 0.206. The zero-order valence-corrected chi connectivity index (χ0v) is 16.9. The first-order valence-corrected chi connectivity index (χ1v) is 10.8. The Balaban J connectivity index is 1.84. The lowest BCUT2D eigenvalue weighted by Gasteiger charge is -2.22. The van der Waals surface area contributed by atoms with E-state index in [4.69, 9.17) is 0 Å². The van der Waals surface area contributed by atoms with Gasteiger partial charge >= 0.3 is 0 Å². The minimum atomic E-state index is 0.0433. The Bertz CT molecular complexity index is 1970. The van der Waals surface area contributed by atoms with Crippen molar-refractivity contribution in [3.8, 4) is 11.1 Å². The Hall–Kier alpha value is -4.30. The summed E-state index contributed by atoms with van der Waals surface area (Å²) in [5.74, 6) is 0. The fraction of sp³-hybridized carbons (Fsp3) is 0. The first kappa shape index (κ1) is 16.4. The minimum absolute atomic E-state index is 0.0433. The second kappa shape index (κ2) is 5.30. The average molecular weight is 406 g/mol. The highest BCUT2D eigenvalue weighted by atomic mass is 16.1. The molecule has 0 heterocycles. The third-order valence-corrected chi connectivity index (χ3v) is 7.25. The molecule has 0 spiro atoms. The monoisotopic (exact) mass is 406 g/mol. The van der Waals surface area contributed by atoms with Crippen molar-refractivity contribution in [2.24, 2.45) is 0 Å². The normalized spacial score (nSPS) is 12.6. The molecule has 0 unspecified atom stereocenters. The molecule has 0 aliphatic heterocycles. The summed E-state index contributed by atoms with van der Waals surface area (Å²) in [4.78, 5) is 27.9. The van der Waals surface area contributed by atoms with Crippen molar-refractivity contribution < 1.29 is 0 Å². The van der Waals surface area contributed by atoms with Crippen molar-refractivity contribution in [3.63, 3.8) is 0 Å². The first-order chi connectivity index (χ1) is 15.7. The fourth-order valence-corrected chi connectivity index (χ4v) is 5.96. The molecular weight excluding hydrogens is 392 g/mol. The van der Waals surface area contributed by atoms with Crippen LogP contribution in [0.3, 0.4) is 0 Å². The molecule has 6 aromatic carbocycles. The third-order valence-electron chi connectivity index (χ3n) is 7.25. The third kappa shape index (κ3) is 1.71. The van der Waals surface area contributed by atoms with Gasteiger partial charge in [-0.3, -0.25) is 9.59 Å². The molecule has 32 heavy (non-hydrogen) atoms. The van der Waals surface area contributed by atoms with E-state index in [-0.39, 0.29) is 10.9 Å². The van der Waals surface area contributed by atoms with Gasteiger partial charge in [-0.1, -0.05) is 60.7 Å². The van der Waals surface area contributed by atoms with Gasteiger partial charge < -0.3 is 0 Å². The van der Waals surface area contributed by atoms with Gasteiger partial charge in [-0.15, -0.1) is 0 Å². The molecule has 2 nitrogen and oxygen atoms in total. The molecule has 2 heteroatoms. The molecule has 0 N–H and O–H groups in total. The van der Waals surface area contributed by atoms with Crippen molar-refractivity contribution in [1.29, 1.82) is 0 Å². The van der Waals surface area contributed by atoms with Crippen molar-refractivity contribution >= 4 is 64.6 Å². The van der Waals surface area contributed by atoms with E-state index < -0.39 is 0 Å². The van der Waals surface area contributed by atoms with E-state index >= 15 is 0 Å². The molecule has 0 amide bonds. The summed E-state index contributed by atoms with van der Waals surface area (Å²) < 4.78 is 0. The Labute approximate surface area is 181 Å². The van der Waals surface area contributed by atoms with E-state index in [1.165, 1.54) is 0 Å². The number of fused-ring (bicyclic) bond motifs is 4. The van der Waals surface area contributed by atoms with Crippen LogP contribution in [0.1, 0.15) is 0 Å². The maximum atomic E-state index is 13.9. The first-order valence-electron chi connectivity index (χ1n) is 10.8. The van der Waals surface area contributed by atoms with Crippen molar-refractivity contribution in [1.82, 2.24) is 0 Å². The van der Waals surface area contributed by atoms with E-state index in [1.54, 1.807) is 0 Å².